The maximum Gasteiger partial charge on any atom is 0.337 e. The zero-order valence-corrected chi connectivity index (χ0v) is 10.4. The number of benzene rings is 2. The van der Waals surface area contributed by atoms with Crippen LogP contribution in [0.1, 0.15) is 15.9 Å². The third-order valence-electron chi connectivity index (χ3n) is 2.68. The van der Waals surface area contributed by atoms with Gasteiger partial charge in [0.1, 0.15) is 5.82 Å². The summed E-state index contributed by atoms with van der Waals surface area (Å²) >= 11 is 0. The molecule has 0 radical (unpaired) electrons. The van der Waals surface area contributed by atoms with Crippen molar-refractivity contribution in [3.8, 4) is 0 Å². The number of carbonyl (C=O) groups is 1. The molecule has 6 heteroatoms. The Kier molecular flexibility index (Phi) is 3.65. The second kappa shape index (κ2) is 5.24. The summed E-state index contributed by atoms with van der Waals surface area (Å²) in [6.07, 6.45) is 0. The number of aryl methyl sites for hydroxylation is 1. The molecule has 0 amide bonds. The van der Waals surface area contributed by atoms with E-state index in [9.17, 15) is 18.0 Å². The summed E-state index contributed by atoms with van der Waals surface area (Å²) in [5.74, 6) is -4.76. The smallest absolute Gasteiger partial charge is 0.337 e. The molecule has 0 aliphatic rings. The predicted molar refractivity (Wildman–Crippen MR) is 67.7 cm³/mol. The fraction of sp³-hybridized carbons (Fsp3) is 0.0714. The number of nitrogens with one attached hydrogen (secondary N) is 1. The van der Waals surface area contributed by atoms with Crippen LogP contribution in [0.2, 0.25) is 0 Å². The summed E-state index contributed by atoms with van der Waals surface area (Å²) in [4.78, 5) is 11.1. The number of hydrogen-bond acceptors (Lipinski definition) is 2. The molecule has 2 aromatic rings. The van der Waals surface area contributed by atoms with Crippen molar-refractivity contribution in [3.05, 3.63) is 58.9 Å². The van der Waals surface area contributed by atoms with E-state index in [4.69, 9.17) is 5.11 Å². The first-order chi connectivity index (χ1) is 9.38. The first kappa shape index (κ1) is 13.9. The third-order valence-corrected chi connectivity index (χ3v) is 2.68. The Hall–Kier alpha value is -2.50. The molecule has 20 heavy (non-hydrogen) atoms. The average Bonchev–Trinajstić information content (AvgIpc) is 2.35. The Balaban J connectivity index is 2.47. The largest absolute Gasteiger partial charge is 0.478 e. The van der Waals surface area contributed by atoms with E-state index in [-0.39, 0.29) is 16.9 Å². The molecule has 0 bridgehead atoms. The highest BCUT2D eigenvalue weighted by Gasteiger charge is 2.14. The molecule has 0 atom stereocenters. The van der Waals surface area contributed by atoms with Crippen LogP contribution >= 0.6 is 0 Å². The Labute approximate surface area is 112 Å². The molecule has 0 spiro atoms. The number of carboxylic acids is 1. The van der Waals surface area contributed by atoms with Gasteiger partial charge in [-0.2, -0.15) is 0 Å². The van der Waals surface area contributed by atoms with Crippen LogP contribution in [0, 0.1) is 24.4 Å². The van der Waals surface area contributed by atoms with Gasteiger partial charge in [0.15, 0.2) is 11.6 Å². The number of carboxylic acid groups (broad SMARTS) is 1. The van der Waals surface area contributed by atoms with E-state index < -0.39 is 23.4 Å². The van der Waals surface area contributed by atoms with Gasteiger partial charge in [-0.15, -0.1) is 0 Å². The van der Waals surface area contributed by atoms with Gasteiger partial charge in [-0.1, -0.05) is 6.07 Å². The molecule has 0 saturated carbocycles. The van der Waals surface area contributed by atoms with Gasteiger partial charge < -0.3 is 10.4 Å². The van der Waals surface area contributed by atoms with Crippen LogP contribution in [-0.2, 0) is 0 Å². The van der Waals surface area contributed by atoms with Gasteiger partial charge >= 0.3 is 5.97 Å². The van der Waals surface area contributed by atoms with E-state index in [1.807, 2.05) is 0 Å². The normalized spacial score (nSPS) is 10.4. The van der Waals surface area contributed by atoms with E-state index in [0.717, 1.165) is 5.56 Å². The van der Waals surface area contributed by atoms with Crippen LogP contribution in [0.15, 0.2) is 30.3 Å². The lowest BCUT2D eigenvalue weighted by atomic mass is 10.1. The minimum Gasteiger partial charge on any atom is -0.478 e. The van der Waals surface area contributed by atoms with Crippen LogP contribution in [0.5, 0.6) is 0 Å². The molecule has 2 N–H and O–H groups in total. The van der Waals surface area contributed by atoms with E-state index >= 15 is 0 Å². The van der Waals surface area contributed by atoms with Crippen LogP contribution in [0.25, 0.3) is 0 Å². The van der Waals surface area contributed by atoms with Crippen molar-refractivity contribution >= 4 is 17.3 Å². The van der Waals surface area contributed by atoms with Crippen molar-refractivity contribution in [2.75, 3.05) is 5.32 Å². The summed E-state index contributed by atoms with van der Waals surface area (Å²) in [5, 5.41) is 11.5. The van der Waals surface area contributed by atoms with Crippen LogP contribution in [0.3, 0.4) is 0 Å². The van der Waals surface area contributed by atoms with Gasteiger partial charge in [-0.3, -0.25) is 0 Å². The standard InChI is InChI=1S/C14H10F3NO2/c1-7-2-3-8(14(19)20)12(4-7)18-13-6-10(16)9(15)5-11(13)17/h2-6,18H,1H3,(H,19,20). The second-order valence-electron chi connectivity index (χ2n) is 4.23. The maximum atomic E-state index is 13.5. The molecule has 0 aromatic heterocycles. The first-order valence-corrected chi connectivity index (χ1v) is 5.64. The Morgan fingerprint density at radius 1 is 1.00 bits per heavy atom. The molecule has 0 fully saturated rings. The minimum atomic E-state index is -1.31. The summed E-state index contributed by atoms with van der Waals surface area (Å²) in [5.41, 5.74) is 0.402. The van der Waals surface area contributed by atoms with Crippen molar-refractivity contribution in [1.29, 1.82) is 0 Å². The van der Waals surface area contributed by atoms with E-state index in [1.165, 1.54) is 12.1 Å². The molecule has 0 aliphatic carbocycles. The fourth-order valence-corrected chi connectivity index (χ4v) is 1.71. The van der Waals surface area contributed by atoms with Gasteiger partial charge in [0.05, 0.1) is 16.9 Å². The predicted octanol–water partition coefficient (Wildman–Crippen LogP) is 3.85. The number of halogens is 3. The molecule has 0 saturated heterocycles. The quantitative estimate of drug-likeness (QED) is 0.840. The van der Waals surface area contributed by atoms with Crippen LogP contribution < -0.4 is 5.32 Å². The Bertz CT molecular complexity index is 686. The molecule has 2 rings (SSSR count). The zero-order valence-electron chi connectivity index (χ0n) is 10.4. The van der Waals surface area contributed by atoms with Crippen molar-refractivity contribution in [2.45, 2.75) is 6.92 Å². The zero-order chi connectivity index (χ0) is 14.9. The van der Waals surface area contributed by atoms with Gasteiger partial charge in [0, 0.05) is 12.1 Å². The first-order valence-electron chi connectivity index (χ1n) is 5.64. The third kappa shape index (κ3) is 2.74. The van der Waals surface area contributed by atoms with Gasteiger partial charge in [0.25, 0.3) is 0 Å². The monoisotopic (exact) mass is 281 g/mol. The molecule has 0 aliphatic heterocycles. The number of hydrogen-bond donors (Lipinski definition) is 2. The molecule has 2 aromatic carbocycles. The lowest BCUT2D eigenvalue weighted by Crippen LogP contribution is -2.04. The Morgan fingerprint density at radius 2 is 1.65 bits per heavy atom. The number of rotatable bonds is 3. The Morgan fingerprint density at radius 3 is 2.30 bits per heavy atom. The van der Waals surface area contributed by atoms with Crippen LogP contribution in [0.4, 0.5) is 24.5 Å². The molecular formula is C14H10F3NO2. The topological polar surface area (TPSA) is 49.3 Å². The summed E-state index contributed by atoms with van der Waals surface area (Å²) in [6.45, 7) is 1.72. The molecular weight excluding hydrogens is 271 g/mol. The maximum absolute atomic E-state index is 13.5. The minimum absolute atomic E-state index is 0.0975. The molecule has 0 heterocycles. The molecule has 3 nitrogen and oxygen atoms in total. The number of anilines is 2. The summed E-state index contributed by atoms with van der Waals surface area (Å²) in [7, 11) is 0. The molecule has 0 unspecified atom stereocenters. The van der Waals surface area contributed by atoms with E-state index in [1.54, 1.807) is 13.0 Å². The highest BCUT2D eigenvalue weighted by molar-refractivity contribution is 5.95. The SMILES string of the molecule is Cc1ccc(C(=O)O)c(Nc2cc(F)c(F)cc2F)c1. The highest BCUT2D eigenvalue weighted by Crippen LogP contribution is 2.26. The summed E-state index contributed by atoms with van der Waals surface area (Å²) < 4.78 is 39.5. The van der Waals surface area contributed by atoms with Gasteiger partial charge in [-0.25, -0.2) is 18.0 Å². The highest BCUT2D eigenvalue weighted by atomic mass is 19.2. The van der Waals surface area contributed by atoms with Crippen molar-refractivity contribution in [3.63, 3.8) is 0 Å². The second-order valence-corrected chi connectivity index (χ2v) is 4.23. The van der Waals surface area contributed by atoms with Crippen LogP contribution in [-0.4, -0.2) is 11.1 Å². The number of aromatic carboxylic acids is 1. The van der Waals surface area contributed by atoms with Crippen molar-refractivity contribution < 1.29 is 23.1 Å². The van der Waals surface area contributed by atoms with Crippen molar-refractivity contribution in [1.82, 2.24) is 0 Å². The lowest BCUT2D eigenvalue weighted by Gasteiger charge is -2.11. The van der Waals surface area contributed by atoms with Crippen molar-refractivity contribution in [2.24, 2.45) is 0 Å². The molecule has 104 valence electrons. The average molecular weight is 281 g/mol. The van der Waals surface area contributed by atoms with E-state index in [2.05, 4.69) is 5.32 Å². The van der Waals surface area contributed by atoms with Gasteiger partial charge in [-0.05, 0) is 24.6 Å². The fourth-order valence-electron chi connectivity index (χ4n) is 1.71. The van der Waals surface area contributed by atoms with E-state index in [0.29, 0.717) is 12.1 Å². The summed E-state index contributed by atoms with van der Waals surface area (Å²) in [6, 6.07) is 5.44. The van der Waals surface area contributed by atoms with Gasteiger partial charge in [0.2, 0.25) is 0 Å². The lowest BCUT2D eigenvalue weighted by molar-refractivity contribution is 0.0698.